The van der Waals surface area contributed by atoms with Crippen LogP contribution in [0.3, 0.4) is 0 Å². The van der Waals surface area contributed by atoms with Crippen molar-refractivity contribution in [1.29, 1.82) is 0 Å². The lowest BCUT2D eigenvalue weighted by Gasteiger charge is -2.15. The van der Waals surface area contributed by atoms with Crippen LogP contribution in [0.1, 0.15) is 17.3 Å². The summed E-state index contributed by atoms with van der Waals surface area (Å²) in [5.41, 5.74) is 8.10. The molecule has 0 amide bonds. The van der Waals surface area contributed by atoms with Crippen molar-refractivity contribution in [3.8, 4) is 0 Å². The first kappa shape index (κ1) is 11.9. The minimum atomic E-state index is -0.321. The van der Waals surface area contributed by atoms with Gasteiger partial charge in [-0.1, -0.05) is 30.3 Å². The van der Waals surface area contributed by atoms with Crippen LogP contribution >= 0.6 is 0 Å². The smallest absolute Gasteiger partial charge is 0.131 e. The molecule has 19 heavy (non-hydrogen) atoms. The number of fused-ring (bicyclic) bond motifs is 1. The Morgan fingerprint density at radius 2 is 1.84 bits per heavy atom. The van der Waals surface area contributed by atoms with Gasteiger partial charge in [0.25, 0.3) is 0 Å². The van der Waals surface area contributed by atoms with Crippen LogP contribution in [0.4, 0.5) is 4.39 Å². The summed E-state index contributed by atoms with van der Waals surface area (Å²) in [6.45, 7) is 0. The van der Waals surface area contributed by atoms with E-state index in [0.29, 0.717) is 5.39 Å². The van der Waals surface area contributed by atoms with Crippen molar-refractivity contribution in [1.82, 2.24) is 9.78 Å². The van der Waals surface area contributed by atoms with Gasteiger partial charge < -0.3 is 5.73 Å². The van der Waals surface area contributed by atoms with E-state index in [1.165, 1.54) is 6.07 Å². The summed E-state index contributed by atoms with van der Waals surface area (Å²) in [7, 11) is 1.85. The Labute approximate surface area is 110 Å². The van der Waals surface area contributed by atoms with Crippen molar-refractivity contribution >= 4 is 10.8 Å². The van der Waals surface area contributed by atoms with Gasteiger partial charge in [-0.05, 0) is 23.1 Å². The molecule has 1 unspecified atom stereocenters. The molecule has 0 saturated heterocycles. The lowest BCUT2D eigenvalue weighted by atomic mass is 9.97. The number of nitrogens with zero attached hydrogens (tertiary/aromatic N) is 2. The van der Waals surface area contributed by atoms with Crippen molar-refractivity contribution in [3.05, 3.63) is 65.7 Å². The van der Waals surface area contributed by atoms with E-state index in [1.54, 1.807) is 23.0 Å². The zero-order chi connectivity index (χ0) is 13.4. The second-order valence-corrected chi connectivity index (χ2v) is 4.54. The first-order chi connectivity index (χ1) is 9.18. The Bertz CT molecular complexity index is 733. The molecule has 0 aliphatic carbocycles. The molecule has 2 aromatic carbocycles. The zero-order valence-electron chi connectivity index (χ0n) is 10.5. The number of aromatic nitrogens is 2. The van der Waals surface area contributed by atoms with Gasteiger partial charge in [0.2, 0.25) is 0 Å². The van der Waals surface area contributed by atoms with Crippen LogP contribution in [0.25, 0.3) is 10.8 Å². The van der Waals surface area contributed by atoms with Gasteiger partial charge in [-0.3, -0.25) is 4.68 Å². The average Bonchev–Trinajstić information content (AvgIpc) is 2.85. The summed E-state index contributed by atoms with van der Waals surface area (Å²) in [5, 5.41) is 5.56. The van der Waals surface area contributed by atoms with E-state index in [0.717, 1.165) is 16.6 Å². The predicted molar refractivity (Wildman–Crippen MR) is 73.1 cm³/mol. The summed E-state index contributed by atoms with van der Waals surface area (Å²) in [6, 6.07) is 12.1. The van der Waals surface area contributed by atoms with Crippen LogP contribution in [-0.4, -0.2) is 9.78 Å². The highest BCUT2D eigenvalue weighted by Gasteiger charge is 2.16. The van der Waals surface area contributed by atoms with Crippen molar-refractivity contribution in [3.63, 3.8) is 0 Å². The lowest BCUT2D eigenvalue weighted by molar-refractivity contribution is 0.637. The summed E-state index contributed by atoms with van der Waals surface area (Å²) in [5.74, 6) is -0.225. The second kappa shape index (κ2) is 4.48. The molecule has 0 saturated carbocycles. The monoisotopic (exact) mass is 255 g/mol. The van der Waals surface area contributed by atoms with Gasteiger partial charge in [0.1, 0.15) is 5.82 Å². The van der Waals surface area contributed by atoms with E-state index in [-0.39, 0.29) is 11.9 Å². The van der Waals surface area contributed by atoms with E-state index in [2.05, 4.69) is 5.10 Å². The number of aryl methyl sites for hydroxylation is 1. The molecule has 3 aromatic rings. The van der Waals surface area contributed by atoms with Crippen LogP contribution in [0.15, 0.2) is 48.7 Å². The Morgan fingerprint density at radius 1 is 1.11 bits per heavy atom. The number of benzene rings is 2. The summed E-state index contributed by atoms with van der Waals surface area (Å²) in [4.78, 5) is 0. The maximum atomic E-state index is 13.8. The molecule has 4 heteroatoms. The van der Waals surface area contributed by atoms with Crippen molar-refractivity contribution in [2.75, 3.05) is 0 Å². The molecule has 0 aliphatic rings. The maximum Gasteiger partial charge on any atom is 0.131 e. The summed E-state index contributed by atoms with van der Waals surface area (Å²) < 4.78 is 15.5. The third-order valence-electron chi connectivity index (χ3n) is 3.42. The minimum Gasteiger partial charge on any atom is -0.319 e. The van der Waals surface area contributed by atoms with Gasteiger partial charge in [0, 0.05) is 18.6 Å². The molecule has 1 aromatic heterocycles. The molecule has 0 fully saturated rings. The highest BCUT2D eigenvalue weighted by Crippen LogP contribution is 2.28. The standard InChI is InChI=1S/C15H14FN3/c1-19-14(8-9-18-19)15(17)12-6-7-13(16)11-5-3-2-4-10(11)12/h2-9,15H,17H2,1H3. The van der Waals surface area contributed by atoms with Gasteiger partial charge in [-0.15, -0.1) is 0 Å². The third kappa shape index (κ3) is 1.90. The fraction of sp³-hybridized carbons (Fsp3) is 0.133. The van der Waals surface area contributed by atoms with E-state index in [1.807, 2.05) is 31.3 Å². The van der Waals surface area contributed by atoms with Crippen LogP contribution < -0.4 is 5.73 Å². The molecule has 0 radical (unpaired) electrons. The van der Waals surface area contributed by atoms with Crippen LogP contribution in [0, 0.1) is 5.82 Å². The number of halogens is 1. The van der Waals surface area contributed by atoms with E-state index in [9.17, 15) is 4.39 Å². The highest BCUT2D eigenvalue weighted by molar-refractivity contribution is 5.87. The molecule has 3 nitrogen and oxygen atoms in total. The highest BCUT2D eigenvalue weighted by atomic mass is 19.1. The Kier molecular flexibility index (Phi) is 2.80. The molecule has 0 spiro atoms. The van der Waals surface area contributed by atoms with Gasteiger partial charge in [0.15, 0.2) is 0 Å². The average molecular weight is 255 g/mol. The fourth-order valence-electron chi connectivity index (χ4n) is 2.41. The van der Waals surface area contributed by atoms with Gasteiger partial charge in [-0.2, -0.15) is 5.10 Å². The van der Waals surface area contributed by atoms with Crippen LogP contribution in [0.2, 0.25) is 0 Å². The van der Waals surface area contributed by atoms with Gasteiger partial charge >= 0.3 is 0 Å². The number of nitrogens with two attached hydrogens (primary N) is 1. The van der Waals surface area contributed by atoms with Crippen molar-refractivity contribution < 1.29 is 4.39 Å². The van der Waals surface area contributed by atoms with Gasteiger partial charge in [-0.25, -0.2) is 4.39 Å². The molecular formula is C15H14FN3. The second-order valence-electron chi connectivity index (χ2n) is 4.54. The quantitative estimate of drug-likeness (QED) is 0.765. The first-order valence-electron chi connectivity index (χ1n) is 6.09. The molecule has 3 rings (SSSR count). The normalized spacial score (nSPS) is 12.8. The molecule has 1 atom stereocenters. The Balaban J connectivity index is 2.21. The van der Waals surface area contributed by atoms with Crippen LogP contribution in [0.5, 0.6) is 0 Å². The van der Waals surface area contributed by atoms with Gasteiger partial charge in [0.05, 0.1) is 11.7 Å². The third-order valence-corrected chi connectivity index (χ3v) is 3.42. The zero-order valence-corrected chi connectivity index (χ0v) is 10.5. The summed E-state index contributed by atoms with van der Waals surface area (Å²) >= 11 is 0. The molecule has 0 bridgehead atoms. The van der Waals surface area contributed by atoms with Crippen molar-refractivity contribution in [2.24, 2.45) is 12.8 Å². The van der Waals surface area contributed by atoms with E-state index in [4.69, 9.17) is 5.73 Å². The SMILES string of the molecule is Cn1nccc1C(N)c1ccc(F)c2ccccc12. The van der Waals surface area contributed by atoms with E-state index < -0.39 is 0 Å². The molecule has 1 heterocycles. The Hall–Kier alpha value is -2.20. The lowest BCUT2D eigenvalue weighted by Crippen LogP contribution is -2.16. The van der Waals surface area contributed by atoms with Crippen molar-refractivity contribution in [2.45, 2.75) is 6.04 Å². The fourth-order valence-corrected chi connectivity index (χ4v) is 2.41. The molecule has 96 valence electrons. The van der Waals surface area contributed by atoms with Crippen LogP contribution in [-0.2, 0) is 7.05 Å². The maximum absolute atomic E-state index is 13.8. The predicted octanol–water partition coefficient (Wildman–Crippen LogP) is 2.76. The van der Waals surface area contributed by atoms with E-state index >= 15 is 0 Å². The number of rotatable bonds is 2. The molecule has 2 N–H and O–H groups in total. The summed E-state index contributed by atoms with van der Waals surface area (Å²) in [6.07, 6.45) is 1.71. The Morgan fingerprint density at radius 3 is 2.53 bits per heavy atom. The minimum absolute atomic E-state index is 0.225. The first-order valence-corrected chi connectivity index (χ1v) is 6.09. The largest absolute Gasteiger partial charge is 0.319 e. The number of hydrogen-bond donors (Lipinski definition) is 1. The molecular weight excluding hydrogens is 241 g/mol. The number of hydrogen-bond acceptors (Lipinski definition) is 2. The topological polar surface area (TPSA) is 43.8 Å². The molecule has 0 aliphatic heterocycles.